The molecule has 0 bridgehead atoms. The summed E-state index contributed by atoms with van der Waals surface area (Å²) in [6, 6.07) is 3.64. The highest BCUT2D eigenvalue weighted by Crippen LogP contribution is 2.31. The third-order valence-corrected chi connectivity index (χ3v) is 2.34. The molecule has 2 nitrogen and oxygen atoms in total. The summed E-state index contributed by atoms with van der Waals surface area (Å²) in [4.78, 5) is 0. The maximum absolute atomic E-state index is 6.02. The van der Waals surface area contributed by atoms with E-state index in [4.69, 9.17) is 17.3 Å². The maximum Gasteiger partial charge on any atom is 0.0622 e. The van der Waals surface area contributed by atoms with Crippen LogP contribution < -0.4 is 11.1 Å². The smallest absolute Gasteiger partial charge is 0.0622 e. The third-order valence-electron chi connectivity index (χ3n) is 1.93. The van der Waals surface area contributed by atoms with Crippen LogP contribution in [0.5, 0.6) is 0 Å². The first-order chi connectivity index (χ1) is 6.31. The average Bonchev–Trinajstić information content (AvgIpc) is 2.04. The van der Waals surface area contributed by atoms with Gasteiger partial charge in [0.05, 0.1) is 11.4 Å². The van der Waals surface area contributed by atoms with Gasteiger partial charge in [-0.25, -0.2) is 0 Å². The number of halogens is 1. The molecule has 0 aromatic heterocycles. The lowest BCUT2D eigenvalue weighted by molar-refractivity contribution is 0.634. The molecule has 0 fully saturated rings. The van der Waals surface area contributed by atoms with Crippen LogP contribution in [0.2, 0.25) is 5.02 Å². The van der Waals surface area contributed by atoms with Crippen molar-refractivity contribution in [3.05, 3.63) is 22.7 Å². The van der Waals surface area contributed by atoms with Gasteiger partial charge in [-0.1, -0.05) is 11.6 Å². The normalized spacial score (nSPS) is 11.5. The molecule has 14 heavy (non-hydrogen) atoms. The molecule has 0 heterocycles. The summed E-state index contributed by atoms with van der Waals surface area (Å²) in [5, 5.41) is 4.09. The summed E-state index contributed by atoms with van der Waals surface area (Å²) in [5.41, 5.74) is 8.54. The van der Waals surface area contributed by atoms with Crippen molar-refractivity contribution in [2.45, 2.75) is 33.2 Å². The summed E-state index contributed by atoms with van der Waals surface area (Å²) in [6.45, 7) is 8.24. The molecule has 0 saturated carbocycles. The molecule has 0 unspecified atom stereocenters. The van der Waals surface area contributed by atoms with Gasteiger partial charge in [-0.05, 0) is 45.4 Å². The third kappa shape index (κ3) is 2.55. The van der Waals surface area contributed by atoms with Crippen LogP contribution in [0.15, 0.2) is 12.1 Å². The Morgan fingerprint density at radius 2 is 1.86 bits per heavy atom. The average molecular weight is 213 g/mol. The second-order valence-corrected chi connectivity index (χ2v) is 4.92. The van der Waals surface area contributed by atoms with Gasteiger partial charge in [0, 0.05) is 10.6 Å². The number of hydrogen-bond donors (Lipinski definition) is 2. The van der Waals surface area contributed by atoms with Gasteiger partial charge in [0.25, 0.3) is 0 Å². The van der Waals surface area contributed by atoms with Crippen molar-refractivity contribution in [2.75, 3.05) is 11.1 Å². The van der Waals surface area contributed by atoms with Crippen molar-refractivity contribution in [3.63, 3.8) is 0 Å². The molecule has 3 heteroatoms. The predicted molar refractivity (Wildman–Crippen MR) is 64.0 cm³/mol. The molecule has 0 aliphatic heterocycles. The first-order valence-corrected chi connectivity index (χ1v) is 5.02. The number of nitrogen functional groups attached to an aromatic ring is 1. The van der Waals surface area contributed by atoms with E-state index in [-0.39, 0.29) is 5.54 Å². The van der Waals surface area contributed by atoms with Gasteiger partial charge < -0.3 is 11.1 Å². The lowest BCUT2D eigenvalue weighted by atomic mass is 10.1. The molecule has 1 aromatic rings. The first kappa shape index (κ1) is 11.2. The molecular formula is C11H17ClN2. The van der Waals surface area contributed by atoms with E-state index >= 15 is 0 Å². The number of nitrogens with two attached hydrogens (primary N) is 1. The molecule has 1 rings (SSSR count). The van der Waals surface area contributed by atoms with Crippen molar-refractivity contribution in [2.24, 2.45) is 0 Å². The summed E-state index contributed by atoms with van der Waals surface area (Å²) in [5.74, 6) is 0. The number of anilines is 2. The number of benzene rings is 1. The lowest BCUT2D eigenvalue weighted by Gasteiger charge is -2.25. The van der Waals surface area contributed by atoms with Crippen LogP contribution >= 0.6 is 11.6 Å². The fraction of sp³-hybridized carbons (Fsp3) is 0.455. The molecule has 1 aromatic carbocycles. The minimum absolute atomic E-state index is 0.0104. The Kier molecular flexibility index (Phi) is 2.95. The molecule has 0 radical (unpaired) electrons. The fourth-order valence-electron chi connectivity index (χ4n) is 1.25. The zero-order valence-corrected chi connectivity index (χ0v) is 9.87. The predicted octanol–water partition coefficient (Wildman–Crippen LogP) is 3.44. The fourth-order valence-corrected chi connectivity index (χ4v) is 1.41. The lowest BCUT2D eigenvalue weighted by Crippen LogP contribution is -2.27. The van der Waals surface area contributed by atoms with Crippen molar-refractivity contribution in [1.29, 1.82) is 0 Å². The molecule has 0 spiro atoms. The maximum atomic E-state index is 6.02. The molecule has 0 amide bonds. The number of nitrogens with one attached hydrogen (secondary N) is 1. The van der Waals surface area contributed by atoms with Crippen LogP contribution in [0.3, 0.4) is 0 Å². The van der Waals surface area contributed by atoms with Gasteiger partial charge in [0.15, 0.2) is 0 Å². The number of rotatable bonds is 1. The van der Waals surface area contributed by atoms with Crippen molar-refractivity contribution >= 4 is 23.0 Å². The topological polar surface area (TPSA) is 38.0 Å². The van der Waals surface area contributed by atoms with Gasteiger partial charge in [0.2, 0.25) is 0 Å². The van der Waals surface area contributed by atoms with Crippen LogP contribution in [-0.4, -0.2) is 5.54 Å². The van der Waals surface area contributed by atoms with Gasteiger partial charge >= 0.3 is 0 Å². The second-order valence-electron chi connectivity index (χ2n) is 4.51. The Balaban J connectivity index is 3.13. The second kappa shape index (κ2) is 3.70. The Labute approximate surface area is 90.4 Å². The monoisotopic (exact) mass is 212 g/mol. The zero-order chi connectivity index (χ0) is 10.9. The van der Waals surface area contributed by atoms with Crippen molar-refractivity contribution in [1.82, 2.24) is 0 Å². The van der Waals surface area contributed by atoms with Crippen LogP contribution in [0.25, 0.3) is 0 Å². The number of hydrogen-bond acceptors (Lipinski definition) is 2. The van der Waals surface area contributed by atoms with E-state index < -0.39 is 0 Å². The highest BCUT2D eigenvalue weighted by molar-refractivity contribution is 6.31. The van der Waals surface area contributed by atoms with E-state index in [9.17, 15) is 0 Å². The Bertz CT molecular complexity index is 340. The van der Waals surface area contributed by atoms with E-state index in [0.717, 1.165) is 22.0 Å². The molecular weight excluding hydrogens is 196 g/mol. The van der Waals surface area contributed by atoms with Gasteiger partial charge in [-0.2, -0.15) is 0 Å². The van der Waals surface area contributed by atoms with Crippen LogP contribution in [0, 0.1) is 6.92 Å². The van der Waals surface area contributed by atoms with E-state index in [1.807, 2.05) is 19.1 Å². The van der Waals surface area contributed by atoms with Gasteiger partial charge in [-0.3, -0.25) is 0 Å². The van der Waals surface area contributed by atoms with E-state index in [0.29, 0.717) is 0 Å². The van der Waals surface area contributed by atoms with Gasteiger partial charge in [0.1, 0.15) is 0 Å². The molecule has 3 N–H and O–H groups in total. The van der Waals surface area contributed by atoms with E-state index in [1.165, 1.54) is 0 Å². The van der Waals surface area contributed by atoms with Crippen molar-refractivity contribution in [3.8, 4) is 0 Å². The standard InChI is InChI=1S/C11H17ClN2/c1-7-8(12)5-6-9(13)10(7)14-11(2,3)4/h5-6,14H,13H2,1-4H3. The summed E-state index contributed by atoms with van der Waals surface area (Å²) in [7, 11) is 0. The molecule has 0 aliphatic rings. The molecule has 0 saturated heterocycles. The van der Waals surface area contributed by atoms with Crippen LogP contribution in [0.4, 0.5) is 11.4 Å². The van der Waals surface area contributed by atoms with Crippen molar-refractivity contribution < 1.29 is 0 Å². The van der Waals surface area contributed by atoms with Gasteiger partial charge in [-0.15, -0.1) is 0 Å². The minimum Gasteiger partial charge on any atom is -0.397 e. The van der Waals surface area contributed by atoms with Crippen LogP contribution in [-0.2, 0) is 0 Å². The largest absolute Gasteiger partial charge is 0.397 e. The highest BCUT2D eigenvalue weighted by atomic mass is 35.5. The summed E-state index contributed by atoms with van der Waals surface area (Å²) >= 11 is 6.02. The Morgan fingerprint density at radius 3 is 2.36 bits per heavy atom. The highest BCUT2D eigenvalue weighted by Gasteiger charge is 2.14. The minimum atomic E-state index is -0.0104. The van der Waals surface area contributed by atoms with Crippen LogP contribution in [0.1, 0.15) is 26.3 Å². The quantitative estimate of drug-likeness (QED) is 0.700. The molecule has 78 valence electrons. The SMILES string of the molecule is Cc1c(Cl)ccc(N)c1NC(C)(C)C. The molecule has 0 atom stereocenters. The summed E-state index contributed by atoms with van der Waals surface area (Å²) in [6.07, 6.45) is 0. The molecule has 0 aliphatic carbocycles. The Hall–Kier alpha value is -0.890. The summed E-state index contributed by atoms with van der Waals surface area (Å²) < 4.78 is 0. The Morgan fingerprint density at radius 1 is 1.29 bits per heavy atom. The zero-order valence-electron chi connectivity index (χ0n) is 9.11. The van der Waals surface area contributed by atoms with E-state index in [2.05, 4.69) is 26.1 Å². The van der Waals surface area contributed by atoms with E-state index in [1.54, 1.807) is 0 Å². The first-order valence-electron chi connectivity index (χ1n) is 4.64.